The minimum absolute atomic E-state index is 0.443. The first kappa shape index (κ1) is 12.4. The van der Waals surface area contributed by atoms with E-state index in [2.05, 4.69) is 27.5 Å². The van der Waals surface area contributed by atoms with Crippen molar-refractivity contribution >= 4 is 0 Å². The molecule has 0 amide bonds. The lowest BCUT2D eigenvalue weighted by molar-refractivity contribution is 0.177. The van der Waals surface area contributed by atoms with Crippen molar-refractivity contribution < 1.29 is 8.83 Å². The number of nitrogens with one attached hydrogen (secondary N) is 1. The van der Waals surface area contributed by atoms with Crippen molar-refractivity contribution in [1.82, 2.24) is 20.4 Å². The predicted molar refractivity (Wildman–Crippen MR) is 69.4 cm³/mol. The summed E-state index contributed by atoms with van der Waals surface area (Å²) in [5.41, 5.74) is 0. The lowest BCUT2D eigenvalue weighted by Crippen LogP contribution is -2.40. The van der Waals surface area contributed by atoms with E-state index in [1.165, 1.54) is 0 Å². The number of nitrogens with zero attached hydrogens (tertiary/aromatic N) is 3. The third-order valence-corrected chi connectivity index (χ3v) is 3.52. The monoisotopic (exact) mass is 262 g/mol. The van der Waals surface area contributed by atoms with Gasteiger partial charge in [-0.1, -0.05) is 0 Å². The van der Waals surface area contributed by atoms with E-state index in [-0.39, 0.29) is 0 Å². The average Bonchev–Trinajstić information content (AvgIpc) is 3.10. The van der Waals surface area contributed by atoms with Gasteiger partial charge in [0.25, 0.3) is 5.89 Å². The van der Waals surface area contributed by atoms with Crippen LogP contribution in [0.4, 0.5) is 0 Å². The summed E-state index contributed by atoms with van der Waals surface area (Å²) in [6.07, 6.45) is 3.92. The number of hydrogen-bond acceptors (Lipinski definition) is 6. The maximum absolute atomic E-state index is 5.62. The normalized spacial score (nSPS) is 17.2. The van der Waals surface area contributed by atoms with Crippen molar-refractivity contribution in [3.8, 4) is 11.7 Å². The molecule has 3 rings (SSSR count). The van der Waals surface area contributed by atoms with Crippen molar-refractivity contribution in [1.29, 1.82) is 0 Å². The van der Waals surface area contributed by atoms with Crippen molar-refractivity contribution in [3.63, 3.8) is 0 Å². The first-order valence-electron chi connectivity index (χ1n) is 6.60. The van der Waals surface area contributed by atoms with Gasteiger partial charge in [-0.2, -0.15) is 0 Å². The molecule has 19 heavy (non-hydrogen) atoms. The Morgan fingerprint density at radius 2 is 2.21 bits per heavy atom. The maximum atomic E-state index is 5.62. The summed E-state index contributed by atoms with van der Waals surface area (Å²) < 4.78 is 10.9. The molecular formula is C13H18N4O2. The topological polar surface area (TPSA) is 67.3 Å². The van der Waals surface area contributed by atoms with E-state index in [0.717, 1.165) is 25.9 Å². The molecule has 0 aliphatic carbocycles. The van der Waals surface area contributed by atoms with E-state index < -0.39 is 0 Å². The van der Waals surface area contributed by atoms with Gasteiger partial charge in [-0.15, -0.1) is 10.2 Å². The zero-order valence-corrected chi connectivity index (χ0v) is 11.0. The highest BCUT2D eigenvalue weighted by atomic mass is 16.4. The van der Waals surface area contributed by atoms with Crippen LogP contribution in [0.1, 0.15) is 18.7 Å². The molecule has 2 aromatic rings. The van der Waals surface area contributed by atoms with Gasteiger partial charge in [0.2, 0.25) is 5.89 Å². The van der Waals surface area contributed by atoms with Crippen molar-refractivity contribution in [3.05, 3.63) is 24.3 Å². The molecular weight excluding hydrogens is 244 g/mol. The van der Waals surface area contributed by atoms with Gasteiger partial charge in [0.15, 0.2) is 5.76 Å². The Labute approximate surface area is 111 Å². The minimum Gasteiger partial charge on any atom is -0.459 e. The van der Waals surface area contributed by atoms with E-state index in [1.807, 2.05) is 6.07 Å². The van der Waals surface area contributed by atoms with Crippen molar-refractivity contribution in [2.75, 3.05) is 20.1 Å². The zero-order valence-electron chi connectivity index (χ0n) is 11.0. The standard InChI is InChI=1S/C13H18N4O2/c1-17(10-4-6-14-7-5-10)9-12-15-16-13(19-12)11-3-2-8-18-11/h2-3,8,10,14H,4-7,9H2,1H3. The second-order valence-corrected chi connectivity index (χ2v) is 4.87. The molecule has 6 nitrogen and oxygen atoms in total. The van der Waals surface area contributed by atoms with Gasteiger partial charge in [0.1, 0.15) is 0 Å². The molecule has 6 heteroatoms. The van der Waals surface area contributed by atoms with Crippen LogP contribution in [0.3, 0.4) is 0 Å². The van der Waals surface area contributed by atoms with Crippen LogP contribution in [0.25, 0.3) is 11.7 Å². The highest BCUT2D eigenvalue weighted by molar-refractivity contribution is 5.42. The van der Waals surface area contributed by atoms with Crippen LogP contribution in [-0.4, -0.2) is 41.3 Å². The summed E-state index contributed by atoms with van der Waals surface area (Å²) in [5, 5.41) is 11.4. The number of furan rings is 1. The van der Waals surface area contributed by atoms with Crippen LogP contribution in [0, 0.1) is 0 Å². The lowest BCUT2D eigenvalue weighted by atomic mass is 10.1. The second-order valence-electron chi connectivity index (χ2n) is 4.87. The van der Waals surface area contributed by atoms with Gasteiger partial charge in [0.05, 0.1) is 12.8 Å². The van der Waals surface area contributed by atoms with Gasteiger partial charge < -0.3 is 14.2 Å². The molecule has 1 saturated heterocycles. The summed E-state index contributed by atoms with van der Waals surface area (Å²) in [6, 6.07) is 4.20. The molecule has 1 aliphatic rings. The zero-order chi connectivity index (χ0) is 13.1. The Bertz CT molecular complexity index is 502. The Balaban J connectivity index is 1.63. The Morgan fingerprint density at radius 1 is 1.37 bits per heavy atom. The summed E-state index contributed by atoms with van der Waals surface area (Å²) >= 11 is 0. The number of piperidine rings is 1. The molecule has 3 heterocycles. The molecule has 102 valence electrons. The van der Waals surface area contributed by atoms with E-state index >= 15 is 0 Å². The minimum atomic E-state index is 0.443. The fourth-order valence-corrected chi connectivity index (χ4v) is 2.41. The molecule has 2 aromatic heterocycles. The van der Waals surface area contributed by atoms with E-state index in [1.54, 1.807) is 12.3 Å². The summed E-state index contributed by atoms with van der Waals surface area (Å²) in [5.74, 6) is 1.69. The molecule has 1 N–H and O–H groups in total. The van der Waals surface area contributed by atoms with E-state index in [4.69, 9.17) is 8.83 Å². The van der Waals surface area contributed by atoms with Crippen LogP contribution in [0.2, 0.25) is 0 Å². The van der Waals surface area contributed by atoms with Crippen LogP contribution in [0.5, 0.6) is 0 Å². The highest BCUT2D eigenvalue weighted by Crippen LogP contribution is 2.19. The van der Waals surface area contributed by atoms with Crippen LogP contribution < -0.4 is 5.32 Å². The fourth-order valence-electron chi connectivity index (χ4n) is 2.41. The maximum Gasteiger partial charge on any atom is 0.283 e. The Morgan fingerprint density at radius 3 is 2.95 bits per heavy atom. The molecule has 0 radical (unpaired) electrons. The molecule has 0 aromatic carbocycles. The van der Waals surface area contributed by atoms with Gasteiger partial charge in [-0.25, -0.2) is 0 Å². The lowest BCUT2D eigenvalue weighted by Gasteiger charge is -2.30. The third kappa shape index (κ3) is 2.85. The molecule has 1 aliphatic heterocycles. The third-order valence-electron chi connectivity index (χ3n) is 3.52. The second kappa shape index (κ2) is 5.54. The van der Waals surface area contributed by atoms with Gasteiger partial charge >= 0.3 is 0 Å². The summed E-state index contributed by atoms with van der Waals surface area (Å²) in [6.45, 7) is 2.84. The van der Waals surface area contributed by atoms with E-state index in [0.29, 0.717) is 30.1 Å². The quantitative estimate of drug-likeness (QED) is 0.901. The largest absolute Gasteiger partial charge is 0.459 e. The summed E-state index contributed by atoms with van der Waals surface area (Å²) in [4.78, 5) is 2.28. The molecule has 0 atom stereocenters. The number of rotatable bonds is 4. The molecule has 0 saturated carbocycles. The Kier molecular flexibility index (Phi) is 3.61. The van der Waals surface area contributed by atoms with Crippen molar-refractivity contribution in [2.24, 2.45) is 0 Å². The average molecular weight is 262 g/mol. The van der Waals surface area contributed by atoms with Crippen LogP contribution in [-0.2, 0) is 6.54 Å². The fraction of sp³-hybridized carbons (Fsp3) is 0.538. The predicted octanol–water partition coefficient (Wildman–Crippen LogP) is 1.51. The van der Waals surface area contributed by atoms with Gasteiger partial charge in [0, 0.05) is 6.04 Å². The van der Waals surface area contributed by atoms with Crippen LogP contribution in [0.15, 0.2) is 27.2 Å². The molecule has 1 fully saturated rings. The van der Waals surface area contributed by atoms with E-state index in [9.17, 15) is 0 Å². The van der Waals surface area contributed by atoms with Gasteiger partial charge in [-0.3, -0.25) is 4.90 Å². The Hall–Kier alpha value is -1.66. The molecule has 0 spiro atoms. The molecule has 0 unspecified atom stereocenters. The number of aromatic nitrogens is 2. The molecule has 0 bridgehead atoms. The van der Waals surface area contributed by atoms with Gasteiger partial charge in [-0.05, 0) is 45.1 Å². The first-order valence-corrected chi connectivity index (χ1v) is 6.60. The smallest absolute Gasteiger partial charge is 0.283 e. The van der Waals surface area contributed by atoms with Crippen LogP contribution >= 0.6 is 0 Å². The SMILES string of the molecule is CN(Cc1nnc(-c2ccco2)o1)C1CCNCC1. The summed E-state index contributed by atoms with van der Waals surface area (Å²) in [7, 11) is 2.10. The van der Waals surface area contributed by atoms with Crippen molar-refractivity contribution in [2.45, 2.75) is 25.4 Å². The highest BCUT2D eigenvalue weighted by Gasteiger charge is 2.20. The first-order chi connectivity index (χ1) is 9.33. The number of hydrogen-bond donors (Lipinski definition) is 1.